The number of methoxy groups -OCH3 is 1. The summed E-state index contributed by atoms with van der Waals surface area (Å²) in [5.74, 6) is 1.03. The summed E-state index contributed by atoms with van der Waals surface area (Å²) in [6.45, 7) is 2.35. The van der Waals surface area contributed by atoms with Crippen molar-refractivity contribution in [2.24, 2.45) is 0 Å². The Hall–Kier alpha value is -3.12. The minimum Gasteiger partial charge on any atom is -0.495 e. The zero-order valence-corrected chi connectivity index (χ0v) is 15.7. The predicted octanol–water partition coefficient (Wildman–Crippen LogP) is 4.12. The van der Waals surface area contributed by atoms with Crippen LogP contribution in [0.1, 0.15) is 21.5 Å². The standard InChI is InChI=1S/C20H19ClN4O2/c1-13-9-17(18(27-2)10-16(13)21)25-19-4-3-15(12-23-19)20(26)24-11-14-5-7-22-8-6-14/h3-10,12H,11H2,1-2H3,(H,23,25)(H,24,26). The molecule has 3 rings (SSSR count). The van der Waals surface area contributed by atoms with Crippen LogP contribution in [-0.2, 0) is 6.54 Å². The first-order valence-electron chi connectivity index (χ1n) is 8.31. The first kappa shape index (κ1) is 18.7. The Labute approximate surface area is 162 Å². The van der Waals surface area contributed by atoms with E-state index >= 15 is 0 Å². The Morgan fingerprint density at radius 1 is 1.19 bits per heavy atom. The van der Waals surface area contributed by atoms with Gasteiger partial charge in [0, 0.05) is 36.2 Å². The molecule has 0 spiro atoms. The lowest BCUT2D eigenvalue weighted by Gasteiger charge is -2.13. The Balaban J connectivity index is 1.67. The number of benzene rings is 1. The molecular formula is C20H19ClN4O2. The van der Waals surface area contributed by atoms with Gasteiger partial charge in [0.1, 0.15) is 11.6 Å². The number of nitrogens with one attached hydrogen (secondary N) is 2. The smallest absolute Gasteiger partial charge is 0.253 e. The summed E-state index contributed by atoms with van der Waals surface area (Å²) in [6, 6.07) is 10.8. The van der Waals surface area contributed by atoms with E-state index in [-0.39, 0.29) is 5.91 Å². The van der Waals surface area contributed by atoms with Gasteiger partial charge < -0.3 is 15.4 Å². The number of aryl methyl sites for hydroxylation is 1. The van der Waals surface area contributed by atoms with Crippen LogP contribution in [0.25, 0.3) is 0 Å². The molecule has 2 aromatic heterocycles. The van der Waals surface area contributed by atoms with E-state index in [2.05, 4.69) is 20.6 Å². The highest BCUT2D eigenvalue weighted by Gasteiger charge is 2.10. The van der Waals surface area contributed by atoms with Gasteiger partial charge in [-0.15, -0.1) is 0 Å². The minimum absolute atomic E-state index is 0.189. The molecule has 0 unspecified atom stereocenters. The highest BCUT2D eigenvalue weighted by atomic mass is 35.5. The fourth-order valence-electron chi connectivity index (χ4n) is 2.45. The molecule has 6 nitrogen and oxygen atoms in total. The zero-order valence-electron chi connectivity index (χ0n) is 15.0. The molecule has 27 heavy (non-hydrogen) atoms. The van der Waals surface area contributed by atoms with E-state index in [1.807, 2.05) is 25.1 Å². The molecule has 0 aliphatic carbocycles. The van der Waals surface area contributed by atoms with E-state index in [0.717, 1.165) is 16.8 Å². The molecule has 0 radical (unpaired) electrons. The number of carbonyl (C=O) groups is 1. The van der Waals surface area contributed by atoms with E-state index < -0.39 is 0 Å². The maximum absolute atomic E-state index is 12.2. The number of hydrogen-bond donors (Lipinski definition) is 2. The van der Waals surface area contributed by atoms with Crippen molar-refractivity contribution in [3.63, 3.8) is 0 Å². The number of aromatic nitrogens is 2. The van der Waals surface area contributed by atoms with Crippen molar-refractivity contribution in [1.82, 2.24) is 15.3 Å². The molecule has 3 aromatic rings. The molecule has 1 aromatic carbocycles. The van der Waals surface area contributed by atoms with Gasteiger partial charge in [-0.05, 0) is 48.4 Å². The van der Waals surface area contributed by atoms with Crippen LogP contribution in [0.3, 0.4) is 0 Å². The molecule has 7 heteroatoms. The largest absolute Gasteiger partial charge is 0.495 e. The number of hydrogen-bond acceptors (Lipinski definition) is 5. The molecule has 0 aliphatic rings. The predicted molar refractivity (Wildman–Crippen MR) is 106 cm³/mol. The Morgan fingerprint density at radius 3 is 2.63 bits per heavy atom. The van der Waals surface area contributed by atoms with Crippen molar-refractivity contribution in [3.05, 3.63) is 76.7 Å². The second kappa shape index (κ2) is 8.51. The topological polar surface area (TPSA) is 76.1 Å². The molecule has 2 heterocycles. The number of pyridine rings is 2. The quantitative estimate of drug-likeness (QED) is 0.670. The van der Waals surface area contributed by atoms with Gasteiger partial charge in [0.05, 0.1) is 18.4 Å². The first-order chi connectivity index (χ1) is 13.1. The fraction of sp³-hybridized carbons (Fsp3) is 0.150. The van der Waals surface area contributed by atoms with Crippen molar-refractivity contribution in [2.45, 2.75) is 13.5 Å². The Morgan fingerprint density at radius 2 is 1.96 bits per heavy atom. The van der Waals surface area contributed by atoms with Gasteiger partial charge >= 0.3 is 0 Å². The Bertz CT molecular complexity index is 931. The molecule has 0 fully saturated rings. The summed E-state index contributed by atoms with van der Waals surface area (Å²) in [5, 5.41) is 6.67. The van der Waals surface area contributed by atoms with Crippen LogP contribution in [0.15, 0.2) is 55.0 Å². The lowest BCUT2D eigenvalue weighted by Crippen LogP contribution is -2.22. The lowest BCUT2D eigenvalue weighted by molar-refractivity contribution is 0.0950. The van der Waals surface area contributed by atoms with E-state index in [1.165, 1.54) is 6.20 Å². The average molecular weight is 383 g/mol. The van der Waals surface area contributed by atoms with Crippen LogP contribution in [0.2, 0.25) is 5.02 Å². The number of rotatable bonds is 6. The number of amides is 1. The summed E-state index contributed by atoms with van der Waals surface area (Å²) in [7, 11) is 1.58. The Kier molecular flexibility index (Phi) is 5.88. The lowest BCUT2D eigenvalue weighted by atomic mass is 10.2. The summed E-state index contributed by atoms with van der Waals surface area (Å²) < 4.78 is 5.35. The average Bonchev–Trinajstić information content (AvgIpc) is 2.70. The number of nitrogens with zero attached hydrogens (tertiary/aromatic N) is 2. The van der Waals surface area contributed by atoms with Crippen molar-refractivity contribution >= 4 is 29.0 Å². The van der Waals surface area contributed by atoms with Crippen molar-refractivity contribution < 1.29 is 9.53 Å². The molecule has 1 amide bonds. The van der Waals surface area contributed by atoms with E-state index in [4.69, 9.17) is 16.3 Å². The van der Waals surface area contributed by atoms with Gasteiger partial charge in [-0.2, -0.15) is 0 Å². The fourth-order valence-corrected chi connectivity index (χ4v) is 2.61. The summed E-state index contributed by atoms with van der Waals surface area (Å²) in [4.78, 5) is 20.5. The monoisotopic (exact) mass is 382 g/mol. The van der Waals surface area contributed by atoms with Crippen LogP contribution >= 0.6 is 11.6 Å². The van der Waals surface area contributed by atoms with E-state index in [9.17, 15) is 4.79 Å². The van der Waals surface area contributed by atoms with Gasteiger partial charge in [-0.25, -0.2) is 4.98 Å². The minimum atomic E-state index is -0.189. The zero-order chi connectivity index (χ0) is 19.2. The van der Waals surface area contributed by atoms with Crippen LogP contribution in [0.4, 0.5) is 11.5 Å². The summed E-state index contributed by atoms with van der Waals surface area (Å²) in [5.41, 5.74) is 3.14. The third-order valence-corrected chi connectivity index (χ3v) is 4.38. The number of anilines is 2. The van der Waals surface area contributed by atoms with Crippen molar-refractivity contribution in [2.75, 3.05) is 12.4 Å². The summed E-state index contributed by atoms with van der Waals surface area (Å²) >= 11 is 6.13. The van der Waals surface area contributed by atoms with Crippen molar-refractivity contribution in [1.29, 1.82) is 0 Å². The molecule has 0 saturated carbocycles. The van der Waals surface area contributed by atoms with Gasteiger partial charge in [0.2, 0.25) is 0 Å². The highest BCUT2D eigenvalue weighted by molar-refractivity contribution is 6.31. The number of carbonyl (C=O) groups excluding carboxylic acids is 1. The van der Waals surface area contributed by atoms with Crippen LogP contribution in [0.5, 0.6) is 5.75 Å². The molecule has 0 saturated heterocycles. The maximum Gasteiger partial charge on any atom is 0.253 e. The van der Waals surface area contributed by atoms with Gasteiger partial charge in [0.25, 0.3) is 5.91 Å². The normalized spacial score (nSPS) is 10.3. The van der Waals surface area contributed by atoms with Crippen molar-refractivity contribution in [3.8, 4) is 5.75 Å². The molecule has 2 N–H and O–H groups in total. The number of ether oxygens (including phenoxy) is 1. The van der Waals surface area contributed by atoms with E-state index in [0.29, 0.717) is 28.7 Å². The third kappa shape index (κ3) is 4.74. The second-order valence-electron chi connectivity index (χ2n) is 5.90. The molecule has 0 atom stereocenters. The van der Waals surface area contributed by atoms with Crippen LogP contribution in [-0.4, -0.2) is 23.0 Å². The van der Waals surface area contributed by atoms with E-state index in [1.54, 1.807) is 37.7 Å². The van der Waals surface area contributed by atoms with Crippen LogP contribution in [0, 0.1) is 6.92 Å². The van der Waals surface area contributed by atoms with Crippen LogP contribution < -0.4 is 15.4 Å². The molecule has 138 valence electrons. The molecule has 0 aliphatic heterocycles. The van der Waals surface area contributed by atoms with Gasteiger partial charge in [-0.1, -0.05) is 11.6 Å². The second-order valence-corrected chi connectivity index (χ2v) is 6.30. The SMILES string of the molecule is COc1cc(Cl)c(C)cc1Nc1ccc(C(=O)NCc2ccncc2)cn1. The third-order valence-electron chi connectivity index (χ3n) is 3.97. The van der Waals surface area contributed by atoms with Gasteiger partial charge in [0.15, 0.2) is 0 Å². The highest BCUT2D eigenvalue weighted by Crippen LogP contribution is 2.32. The van der Waals surface area contributed by atoms with Gasteiger partial charge in [-0.3, -0.25) is 9.78 Å². The molecular weight excluding hydrogens is 364 g/mol. The first-order valence-corrected chi connectivity index (χ1v) is 8.69. The maximum atomic E-state index is 12.2. The molecule has 0 bridgehead atoms. The number of halogens is 1. The summed E-state index contributed by atoms with van der Waals surface area (Å²) in [6.07, 6.45) is 4.91.